The van der Waals surface area contributed by atoms with Gasteiger partial charge in [-0.25, -0.2) is 4.79 Å². The van der Waals surface area contributed by atoms with Crippen LogP contribution in [-0.2, 0) is 9.16 Å². The van der Waals surface area contributed by atoms with Gasteiger partial charge >= 0.3 is 6.09 Å². The molecule has 0 bridgehead atoms. The fourth-order valence-electron chi connectivity index (χ4n) is 0.768. The fourth-order valence-corrected chi connectivity index (χ4v) is 1.74. The Kier molecular flexibility index (Phi) is 5.06. The second-order valence-corrected chi connectivity index (χ2v) is 9.86. The Morgan fingerprint density at radius 2 is 1.88 bits per heavy atom. The summed E-state index contributed by atoms with van der Waals surface area (Å²) in [5.74, 6) is 0.269. The zero-order chi connectivity index (χ0) is 13.0. The van der Waals surface area contributed by atoms with E-state index < -0.39 is 14.4 Å². The minimum Gasteiger partial charge on any atom is -0.532 e. The largest absolute Gasteiger partial charge is 0.532 e. The molecule has 0 aliphatic rings. The maximum absolute atomic E-state index is 11.1. The molecule has 0 unspecified atom stereocenters. The molecular weight excluding hydrogens is 222 g/mol. The smallest absolute Gasteiger partial charge is 0.413 e. The lowest BCUT2D eigenvalue weighted by atomic mass is 10.2. The van der Waals surface area contributed by atoms with E-state index in [1.165, 1.54) is 0 Å². The van der Waals surface area contributed by atoms with Gasteiger partial charge in [-0.3, -0.25) is 5.32 Å². The molecule has 0 aromatic heterocycles. The van der Waals surface area contributed by atoms with Crippen LogP contribution in [0.15, 0.2) is 12.5 Å². The molecule has 5 heteroatoms. The maximum atomic E-state index is 11.1. The predicted octanol–water partition coefficient (Wildman–Crippen LogP) is 3.23. The number of ether oxygens (including phenoxy) is 1. The highest BCUT2D eigenvalue weighted by atomic mass is 28.4. The summed E-state index contributed by atoms with van der Waals surface area (Å²) in [6, 6.07) is 0. The highest BCUT2D eigenvalue weighted by molar-refractivity contribution is 6.74. The number of amides is 1. The Morgan fingerprint density at radius 3 is 2.25 bits per heavy atom. The van der Waals surface area contributed by atoms with Gasteiger partial charge in [0.1, 0.15) is 0 Å². The number of hydrogen-bond donors (Lipinski definition) is 1. The Hall–Kier alpha value is -0.973. The van der Waals surface area contributed by atoms with Gasteiger partial charge in [0.2, 0.25) is 0 Å². The van der Waals surface area contributed by atoms with Crippen LogP contribution in [0.3, 0.4) is 0 Å². The molecule has 16 heavy (non-hydrogen) atoms. The van der Waals surface area contributed by atoms with Crippen molar-refractivity contribution in [2.45, 2.75) is 45.8 Å². The number of rotatable bonds is 4. The normalized spacial score (nSPS) is 11.9. The van der Waals surface area contributed by atoms with Crippen molar-refractivity contribution in [3.63, 3.8) is 0 Å². The first-order valence-corrected chi connectivity index (χ1v) is 8.32. The highest BCUT2D eigenvalue weighted by Crippen LogP contribution is 2.37. The molecule has 0 aliphatic heterocycles. The second kappa shape index (κ2) is 5.38. The van der Waals surface area contributed by atoms with Crippen LogP contribution in [0.25, 0.3) is 0 Å². The summed E-state index contributed by atoms with van der Waals surface area (Å²) in [6.07, 6.45) is -0.522. The lowest BCUT2D eigenvalue weighted by Crippen LogP contribution is -2.42. The van der Waals surface area contributed by atoms with Crippen LogP contribution < -0.4 is 5.32 Å². The molecule has 4 nitrogen and oxygen atoms in total. The summed E-state index contributed by atoms with van der Waals surface area (Å²) in [6.45, 7) is 16.3. The van der Waals surface area contributed by atoms with Crippen molar-refractivity contribution < 1.29 is 14.0 Å². The van der Waals surface area contributed by atoms with Crippen LogP contribution in [0, 0.1) is 0 Å². The minimum absolute atomic E-state index is 0.0757. The molecule has 0 rings (SSSR count). The monoisotopic (exact) mass is 245 g/mol. The topological polar surface area (TPSA) is 47.6 Å². The van der Waals surface area contributed by atoms with Crippen LogP contribution in [-0.4, -0.2) is 21.0 Å². The molecule has 0 aromatic carbocycles. The van der Waals surface area contributed by atoms with Gasteiger partial charge < -0.3 is 9.16 Å². The Labute approximate surface area is 99.1 Å². The summed E-state index contributed by atoms with van der Waals surface area (Å²) in [4.78, 5) is 11.1. The zero-order valence-electron chi connectivity index (χ0n) is 11.1. The first kappa shape index (κ1) is 15.0. The van der Waals surface area contributed by atoms with Gasteiger partial charge in [0.15, 0.2) is 5.88 Å². The van der Waals surface area contributed by atoms with Crippen LogP contribution >= 0.6 is 0 Å². The first-order valence-electron chi connectivity index (χ1n) is 5.42. The van der Waals surface area contributed by atoms with Crippen molar-refractivity contribution in [1.29, 1.82) is 0 Å². The van der Waals surface area contributed by atoms with Crippen LogP contribution in [0.2, 0.25) is 18.1 Å². The van der Waals surface area contributed by atoms with Gasteiger partial charge in [-0.2, -0.15) is 0 Å². The van der Waals surface area contributed by atoms with Crippen molar-refractivity contribution in [3.05, 3.63) is 12.5 Å². The minimum atomic E-state index is -1.93. The van der Waals surface area contributed by atoms with Crippen LogP contribution in [0.1, 0.15) is 27.7 Å². The highest BCUT2D eigenvalue weighted by Gasteiger charge is 2.39. The third kappa shape index (κ3) is 4.70. The summed E-state index contributed by atoms with van der Waals surface area (Å²) in [5, 5.41) is 2.54. The van der Waals surface area contributed by atoms with Crippen molar-refractivity contribution in [1.82, 2.24) is 5.32 Å². The molecule has 0 spiro atoms. The molecule has 0 aliphatic carbocycles. The van der Waals surface area contributed by atoms with Gasteiger partial charge in [0.05, 0.1) is 6.61 Å². The zero-order valence-corrected chi connectivity index (χ0v) is 12.1. The lowest BCUT2D eigenvalue weighted by molar-refractivity contribution is 0.150. The van der Waals surface area contributed by atoms with E-state index in [9.17, 15) is 4.79 Å². The molecule has 0 radical (unpaired) electrons. The molecule has 0 aromatic rings. The van der Waals surface area contributed by atoms with E-state index in [0.29, 0.717) is 6.61 Å². The van der Waals surface area contributed by atoms with E-state index in [0.717, 1.165) is 0 Å². The van der Waals surface area contributed by atoms with Gasteiger partial charge in [-0.1, -0.05) is 20.8 Å². The number of nitrogens with one attached hydrogen (secondary N) is 1. The Balaban J connectivity index is 4.30. The first-order chi connectivity index (χ1) is 7.10. The van der Waals surface area contributed by atoms with E-state index in [1.807, 2.05) is 0 Å². The van der Waals surface area contributed by atoms with Crippen molar-refractivity contribution in [2.24, 2.45) is 0 Å². The third-order valence-electron chi connectivity index (χ3n) is 2.70. The van der Waals surface area contributed by atoms with Gasteiger partial charge in [-0.05, 0) is 31.6 Å². The molecule has 1 N–H and O–H groups in total. The summed E-state index contributed by atoms with van der Waals surface area (Å²) < 4.78 is 10.5. The molecule has 0 saturated heterocycles. The van der Waals surface area contributed by atoms with Crippen LogP contribution in [0.5, 0.6) is 0 Å². The van der Waals surface area contributed by atoms with Crippen LogP contribution in [0.4, 0.5) is 4.79 Å². The van der Waals surface area contributed by atoms with E-state index >= 15 is 0 Å². The quantitative estimate of drug-likeness (QED) is 0.611. The van der Waals surface area contributed by atoms with E-state index in [1.54, 1.807) is 6.92 Å². The molecule has 1 amide bonds. The summed E-state index contributed by atoms with van der Waals surface area (Å²) >= 11 is 0. The van der Waals surface area contributed by atoms with Crippen molar-refractivity contribution >= 4 is 14.4 Å². The van der Waals surface area contributed by atoms with Crippen molar-refractivity contribution in [3.8, 4) is 0 Å². The second-order valence-electron chi connectivity index (χ2n) is 5.13. The summed E-state index contributed by atoms with van der Waals surface area (Å²) in [5.41, 5.74) is 0. The average molecular weight is 245 g/mol. The fraction of sp³-hybridized carbons (Fsp3) is 0.727. The van der Waals surface area contributed by atoms with Crippen molar-refractivity contribution in [2.75, 3.05) is 6.61 Å². The maximum Gasteiger partial charge on any atom is 0.413 e. The lowest BCUT2D eigenvalue weighted by Gasteiger charge is -2.36. The number of carbonyl (C=O) groups is 1. The molecular formula is C11H23NO3Si. The number of alkyl carbamates (subject to hydrolysis) is 1. The van der Waals surface area contributed by atoms with E-state index in [4.69, 9.17) is 9.16 Å². The van der Waals surface area contributed by atoms with Gasteiger partial charge in [-0.15, -0.1) is 0 Å². The molecule has 0 heterocycles. The van der Waals surface area contributed by atoms with Gasteiger partial charge in [0.25, 0.3) is 8.32 Å². The number of hydrogen-bond acceptors (Lipinski definition) is 3. The SMILES string of the molecule is C=C(NC(=O)OCC)O[Si](C)(C)C(C)(C)C. The summed E-state index contributed by atoms with van der Waals surface area (Å²) in [7, 11) is -1.93. The molecule has 0 saturated carbocycles. The number of carbonyl (C=O) groups excluding carboxylic acids is 1. The van der Waals surface area contributed by atoms with Gasteiger partial charge in [0, 0.05) is 0 Å². The molecule has 0 atom stereocenters. The molecule has 94 valence electrons. The Bertz CT molecular complexity index is 269. The standard InChI is InChI=1S/C11H23NO3Si/c1-8-14-10(13)12-9(2)15-16(6,7)11(3,4)5/h2,8H2,1,3-7H3,(H,12,13). The average Bonchev–Trinajstić information content (AvgIpc) is 1.99. The predicted molar refractivity (Wildman–Crippen MR) is 67.6 cm³/mol. The Morgan fingerprint density at radius 1 is 1.38 bits per heavy atom. The third-order valence-corrected chi connectivity index (χ3v) is 7.07. The molecule has 0 fully saturated rings. The van der Waals surface area contributed by atoms with E-state index in [2.05, 4.69) is 45.8 Å². The van der Waals surface area contributed by atoms with E-state index in [-0.39, 0.29) is 10.9 Å².